The summed E-state index contributed by atoms with van der Waals surface area (Å²) in [7, 11) is -12.6. The molecule has 0 aromatic heterocycles. The summed E-state index contributed by atoms with van der Waals surface area (Å²) in [6, 6.07) is 37.2. The summed E-state index contributed by atoms with van der Waals surface area (Å²) < 4.78 is 89.7. The first kappa shape index (κ1) is 36.1. The fourth-order valence-electron chi connectivity index (χ4n) is 5.30. The topological polar surface area (TPSA) is 121 Å². The Morgan fingerprint density at radius 1 is 0.469 bits per heavy atom. The normalized spacial score (nSPS) is 12.5. The highest BCUT2D eigenvalue weighted by atomic mass is 32.2. The van der Waals surface area contributed by atoms with Crippen molar-refractivity contribution in [3.05, 3.63) is 162 Å². The molecule has 0 spiro atoms. The minimum absolute atomic E-state index is 0.0344. The zero-order valence-electron chi connectivity index (χ0n) is 27.3. The van der Waals surface area contributed by atoms with Gasteiger partial charge in [-0.2, -0.15) is 8.61 Å². The summed E-state index contributed by atoms with van der Waals surface area (Å²) in [6.45, 7) is 2.80. The molecule has 49 heavy (non-hydrogen) atoms. The lowest BCUT2D eigenvalue weighted by Gasteiger charge is -2.31. The van der Waals surface area contributed by atoms with Crippen molar-refractivity contribution in [3.63, 3.8) is 0 Å². The molecule has 0 saturated carbocycles. The van der Waals surface area contributed by atoms with Gasteiger partial charge in [0.25, 0.3) is 0 Å². The molecule has 0 atom stereocenters. The van der Waals surface area contributed by atoms with Crippen LogP contribution in [0.5, 0.6) is 0 Å². The van der Waals surface area contributed by atoms with Crippen LogP contribution in [0.4, 0.5) is 0 Å². The number of nitrogens with zero attached hydrogens (tertiary/aromatic N) is 2. The maximum absolute atomic E-state index is 14.3. The summed E-state index contributed by atoms with van der Waals surface area (Å²) in [6.07, 6.45) is 0. The molecule has 0 saturated heterocycles. The first-order chi connectivity index (χ1) is 23.3. The molecule has 1 N–H and O–H groups in total. The average Bonchev–Trinajstić information content (AvgIpc) is 3.09. The van der Waals surface area contributed by atoms with E-state index in [1.54, 1.807) is 91.0 Å². The van der Waals surface area contributed by atoms with E-state index in [1.165, 1.54) is 45.0 Å². The molecule has 5 aromatic rings. The third-order valence-electron chi connectivity index (χ3n) is 7.94. The predicted octanol–water partition coefficient (Wildman–Crippen LogP) is 5.73. The van der Waals surface area contributed by atoms with E-state index >= 15 is 0 Å². The highest BCUT2D eigenvalue weighted by Crippen LogP contribution is 2.24. The van der Waals surface area contributed by atoms with Gasteiger partial charge in [0.1, 0.15) is 0 Å². The summed E-state index contributed by atoms with van der Waals surface area (Å²) in [5, 5.41) is 0. The SMILES string of the molecule is Cc1ccc(S(=O)(=O)N(Cc2ccccc2)CC(CN(Cc2ccccc2)S(=O)(=O)c2ccc(C)cc2)NS(=O)(=O)c2ccccc2)cc1. The summed E-state index contributed by atoms with van der Waals surface area (Å²) in [4.78, 5) is 0.0336. The lowest BCUT2D eigenvalue weighted by Crippen LogP contribution is -2.51. The van der Waals surface area contributed by atoms with Crippen LogP contribution in [0.15, 0.2) is 154 Å². The van der Waals surface area contributed by atoms with Gasteiger partial charge in [-0.1, -0.05) is 114 Å². The van der Waals surface area contributed by atoms with Gasteiger partial charge in [0.05, 0.1) is 14.7 Å². The van der Waals surface area contributed by atoms with Crippen molar-refractivity contribution in [1.82, 2.24) is 13.3 Å². The smallest absolute Gasteiger partial charge is 0.207 e. The predicted molar refractivity (Wildman–Crippen MR) is 191 cm³/mol. The first-order valence-electron chi connectivity index (χ1n) is 15.6. The maximum atomic E-state index is 14.3. The molecule has 0 fully saturated rings. The minimum Gasteiger partial charge on any atom is -0.207 e. The van der Waals surface area contributed by atoms with E-state index in [0.717, 1.165) is 11.1 Å². The second-order valence-electron chi connectivity index (χ2n) is 11.8. The maximum Gasteiger partial charge on any atom is 0.243 e. The Balaban J connectivity index is 1.60. The lowest BCUT2D eigenvalue weighted by molar-refractivity contribution is 0.311. The van der Waals surface area contributed by atoms with E-state index in [2.05, 4.69) is 4.72 Å². The van der Waals surface area contributed by atoms with Gasteiger partial charge in [0.15, 0.2) is 0 Å². The molecule has 9 nitrogen and oxygen atoms in total. The van der Waals surface area contributed by atoms with Crippen molar-refractivity contribution >= 4 is 30.1 Å². The first-order valence-corrected chi connectivity index (χ1v) is 20.0. The van der Waals surface area contributed by atoms with Crippen LogP contribution in [0.25, 0.3) is 0 Å². The standard InChI is InChI=1S/C37H39N3O6S3/c1-30-18-22-36(23-19-30)48(43,44)39(26-32-12-6-3-7-13-32)28-34(38-47(41,42)35-16-10-5-11-17-35)29-40(27-33-14-8-4-9-15-33)49(45,46)37-24-20-31(2)21-25-37/h3-25,34,38H,26-29H2,1-2H3. The second kappa shape index (κ2) is 15.6. The number of rotatable bonds is 15. The van der Waals surface area contributed by atoms with Crippen molar-refractivity contribution in [1.29, 1.82) is 0 Å². The molecular weight excluding hydrogens is 679 g/mol. The molecule has 0 aliphatic heterocycles. The van der Waals surface area contributed by atoms with Crippen molar-refractivity contribution in [2.75, 3.05) is 13.1 Å². The van der Waals surface area contributed by atoms with Gasteiger partial charge in [-0.25, -0.2) is 30.0 Å². The van der Waals surface area contributed by atoms with Crippen LogP contribution in [-0.4, -0.2) is 53.0 Å². The van der Waals surface area contributed by atoms with Gasteiger partial charge in [0, 0.05) is 32.2 Å². The Hall–Kier alpha value is -4.17. The Morgan fingerprint density at radius 2 is 0.816 bits per heavy atom. The van der Waals surface area contributed by atoms with Gasteiger partial charge in [0.2, 0.25) is 30.1 Å². The van der Waals surface area contributed by atoms with Crippen LogP contribution in [0, 0.1) is 13.8 Å². The zero-order valence-corrected chi connectivity index (χ0v) is 29.7. The fourth-order valence-corrected chi connectivity index (χ4v) is 9.49. The van der Waals surface area contributed by atoms with Gasteiger partial charge < -0.3 is 0 Å². The Morgan fingerprint density at radius 3 is 1.18 bits per heavy atom. The number of aryl methyl sites for hydroxylation is 2. The summed E-state index contributed by atoms with van der Waals surface area (Å²) >= 11 is 0. The van der Waals surface area contributed by atoms with Crippen LogP contribution >= 0.6 is 0 Å². The highest BCUT2D eigenvalue weighted by molar-refractivity contribution is 7.90. The summed E-state index contributed by atoms with van der Waals surface area (Å²) in [5.41, 5.74) is 3.10. The van der Waals surface area contributed by atoms with E-state index in [1.807, 2.05) is 26.0 Å². The molecule has 5 rings (SSSR count). The van der Waals surface area contributed by atoms with Crippen molar-refractivity contribution in [2.45, 2.75) is 47.7 Å². The minimum atomic E-state index is -4.22. The number of hydrogen-bond donors (Lipinski definition) is 1. The molecule has 12 heteroatoms. The Bertz CT molecular complexity index is 2020. The molecule has 0 aliphatic carbocycles. The van der Waals surface area contributed by atoms with Gasteiger partial charge in [-0.3, -0.25) is 0 Å². The van der Waals surface area contributed by atoms with E-state index in [4.69, 9.17) is 0 Å². The van der Waals surface area contributed by atoms with E-state index in [0.29, 0.717) is 11.1 Å². The highest BCUT2D eigenvalue weighted by Gasteiger charge is 2.34. The number of nitrogens with one attached hydrogen (secondary N) is 1. The third-order valence-corrected chi connectivity index (χ3v) is 13.1. The van der Waals surface area contributed by atoms with Crippen molar-refractivity contribution in [3.8, 4) is 0 Å². The molecular formula is C37H39N3O6S3. The van der Waals surface area contributed by atoms with E-state index < -0.39 is 36.1 Å². The third kappa shape index (κ3) is 9.30. The molecule has 0 unspecified atom stereocenters. The number of hydrogen-bond acceptors (Lipinski definition) is 6. The average molecular weight is 718 g/mol. The monoisotopic (exact) mass is 717 g/mol. The van der Waals surface area contributed by atoms with Gasteiger partial charge >= 0.3 is 0 Å². The molecule has 0 aliphatic rings. The quantitative estimate of drug-likeness (QED) is 0.148. The lowest BCUT2D eigenvalue weighted by atomic mass is 10.2. The molecule has 256 valence electrons. The molecule has 0 radical (unpaired) electrons. The number of benzene rings is 5. The molecule has 0 bridgehead atoms. The zero-order chi connectivity index (χ0) is 35.1. The van der Waals surface area contributed by atoms with E-state index in [9.17, 15) is 25.3 Å². The van der Waals surface area contributed by atoms with Crippen LogP contribution in [0.1, 0.15) is 22.3 Å². The van der Waals surface area contributed by atoms with Crippen LogP contribution < -0.4 is 4.72 Å². The Labute approximate surface area is 290 Å². The van der Waals surface area contributed by atoms with Crippen molar-refractivity contribution < 1.29 is 25.3 Å². The summed E-state index contributed by atoms with van der Waals surface area (Å²) in [5.74, 6) is 0. The molecule has 0 heterocycles. The number of sulfonamides is 3. The van der Waals surface area contributed by atoms with Gasteiger partial charge in [-0.15, -0.1) is 0 Å². The van der Waals surface area contributed by atoms with Crippen molar-refractivity contribution in [2.24, 2.45) is 0 Å². The molecule has 0 amide bonds. The van der Waals surface area contributed by atoms with Crippen LogP contribution in [0.3, 0.4) is 0 Å². The molecule has 5 aromatic carbocycles. The van der Waals surface area contributed by atoms with Gasteiger partial charge in [-0.05, 0) is 61.4 Å². The van der Waals surface area contributed by atoms with Crippen LogP contribution in [-0.2, 0) is 43.2 Å². The van der Waals surface area contributed by atoms with Crippen LogP contribution in [0.2, 0.25) is 0 Å². The fraction of sp³-hybridized carbons (Fsp3) is 0.189. The Kier molecular flexibility index (Phi) is 11.5. The second-order valence-corrected chi connectivity index (χ2v) is 17.4. The van der Waals surface area contributed by atoms with E-state index in [-0.39, 0.29) is 40.9 Å². The largest absolute Gasteiger partial charge is 0.243 e.